The van der Waals surface area contributed by atoms with Crippen LogP contribution < -0.4 is 10.1 Å². The number of nitrogens with zero attached hydrogens (tertiary/aromatic N) is 3. The lowest BCUT2D eigenvalue weighted by Crippen LogP contribution is -2.40. The summed E-state index contributed by atoms with van der Waals surface area (Å²) in [5, 5.41) is 3.35. The van der Waals surface area contributed by atoms with Gasteiger partial charge in [-0.1, -0.05) is 12.1 Å². The number of carbonyl (C=O) groups excluding carboxylic acids is 1. The Morgan fingerprint density at radius 1 is 1.41 bits per heavy atom. The molecule has 0 saturated carbocycles. The normalized spacial score (nSPS) is 19.4. The molecule has 0 aliphatic carbocycles. The second-order valence-corrected chi connectivity index (χ2v) is 7.33. The van der Waals surface area contributed by atoms with Gasteiger partial charge in [0.15, 0.2) is 0 Å². The first kappa shape index (κ1) is 17.9. The molecule has 2 aliphatic heterocycles. The molecule has 1 fully saturated rings. The summed E-state index contributed by atoms with van der Waals surface area (Å²) in [6, 6.07) is 7.73. The van der Waals surface area contributed by atoms with E-state index >= 15 is 0 Å². The fraction of sp³-hybridized carbons (Fsp3) is 0.476. The van der Waals surface area contributed by atoms with Gasteiger partial charge in [-0.05, 0) is 30.5 Å². The molecule has 6 heteroatoms. The summed E-state index contributed by atoms with van der Waals surface area (Å²) in [7, 11) is 1.64. The Hall–Kier alpha value is -2.47. The van der Waals surface area contributed by atoms with Crippen LogP contribution in [0, 0.1) is 0 Å². The van der Waals surface area contributed by atoms with E-state index in [1.165, 1.54) is 11.3 Å². The molecule has 1 aromatic carbocycles. The van der Waals surface area contributed by atoms with Gasteiger partial charge in [0.25, 0.3) is 0 Å². The Kier molecular flexibility index (Phi) is 5.34. The SMILES string of the molecule is COc1cccc(CC(=O)N2CCC[C@@H](c3ncc4c(n3)CCNC4)C2)c1. The number of nitrogens with one attached hydrogen (secondary N) is 1. The summed E-state index contributed by atoms with van der Waals surface area (Å²) in [6.45, 7) is 3.35. The summed E-state index contributed by atoms with van der Waals surface area (Å²) >= 11 is 0. The van der Waals surface area contributed by atoms with Crippen molar-refractivity contribution in [2.24, 2.45) is 0 Å². The van der Waals surface area contributed by atoms with Crippen LogP contribution in [0.1, 0.15) is 41.4 Å². The molecule has 3 heterocycles. The zero-order valence-corrected chi connectivity index (χ0v) is 15.8. The van der Waals surface area contributed by atoms with Crippen molar-refractivity contribution >= 4 is 5.91 Å². The average molecular weight is 366 g/mol. The molecule has 2 aromatic rings. The maximum absolute atomic E-state index is 12.8. The lowest BCUT2D eigenvalue weighted by Gasteiger charge is -2.32. The van der Waals surface area contributed by atoms with Crippen LogP contribution in [-0.2, 0) is 24.2 Å². The van der Waals surface area contributed by atoms with E-state index in [1.54, 1.807) is 7.11 Å². The van der Waals surface area contributed by atoms with Crippen molar-refractivity contribution in [1.29, 1.82) is 0 Å². The van der Waals surface area contributed by atoms with Crippen molar-refractivity contribution in [1.82, 2.24) is 20.2 Å². The quantitative estimate of drug-likeness (QED) is 0.897. The van der Waals surface area contributed by atoms with Crippen molar-refractivity contribution < 1.29 is 9.53 Å². The number of hydrogen-bond acceptors (Lipinski definition) is 5. The maximum Gasteiger partial charge on any atom is 0.227 e. The highest BCUT2D eigenvalue weighted by Crippen LogP contribution is 2.26. The minimum absolute atomic E-state index is 0.162. The van der Waals surface area contributed by atoms with Gasteiger partial charge in [0, 0.05) is 56.0 Å². The fourth-order valence-electron chi connectivity index (χ4n) is 3.93. The first-order valence-electron chi connectivity index (χ1n) is 9.69. The third-order valence-electron chi connectivity index (χ3n) is 5.46. The van der Waals surface area contributed by atoms with Crippen LogP contribution in [0.5, 0.6) is 5.75 Å². The lowest BCUT2D eigenvalue weighted by molar-refractivity contribution is -0.131. The number of benzene rings is 1. The molecule has 0 unspecified atom stereocenters. The number of rotatable bonds is 4. The van der Waals surface area contributed by atoms with E-state index in [9.17, 15) is 4.79 Å². The van der Waals surface area contributed by atoms with E-state index in [4.69, 9.17) is 9.72 Å². The Labute approximate surface area is 160 Å². The number of hydrogen-bond donors (Lipinski definition) is 1. The first-order chi connectivity index (χ1) is 13.2. The van der Waals surface area contributed by atoms with E-state index in [2.05, 4.69) is 10.3 Å². The molecule has 1 saturated heterocycles. The van der Waals surface area contributed by atoms with Crippen molar-refractivity contribution in [3.63, 3.8) is 0 Å². The van der Waals surface area contributed by atoms with Crippen LogP contribution in [0.25, 0.3) is 0 Å². The minimum Gasteiger partial charge on any atom is -0.497 e. The van der Waals surface area contributed by atoms with Gasteiger partial charge >= 0.3 is 0 Å². The van der Waals surface area contributed by atoms with Crippen molar-refractivity contribution in [3.8, 4) is 5.75 Å². The molecule has 27 heavy (non-hydrogen) atoms. The number of amides is 1. The zero-order chi connectivity index (χ0) is 18.6. The minimum atomic E-state index is 0.162. The molecule has 0 spiro atoms. The maximum atomic E-state index is 12.8. The third kappa shape index (κ3) is 4.11. The van der Waals surface area contributed by atoms with Crippen LogP contribution >= 0.6 is 0 Å². The lowest BCUT2D eigenvalue weighted by atomic mass is 9.96. The van der Waals surface area contributed by atoms with Gasteiger partial charge in [-0.15, -0.1) is 0 Å². The summed E-state index contributed by atoms with van der Waals surface area (Å²) in [5.74, 6) is 2.08. The molecular formula is C21H26N4O2. The van der Waals surface area contributed by atoms with Crippen molar-refractivity contribution in [2.75, 3.05) is 26.7 Å². The molecule has 2 aliphatic rings. The van der Waals surface area contributed by atoms with E-state index < -0.39 is 0 Å². The van der Waals surface area contributed by atoms with Crippen LogP contribution in [0.3, 0.4) is 0 Å². The van der Waals surface area contributed by atoms with Crippen LogP contribution in [0.2, 0.25) is 0 Å². The number of likely N-dealkylation sites (tertiary alicyclic amines) is 1. The van der Waals surface area contributed by atoms with E-state index in [0.717, 1.165) is 56.0 Å². The molecule has 1 atom stereocenters. The summed E-state index contributed by atoms with van der Waals surface area (Å²) < 4.78 is 5.26. The summed E-state index contributed by atoms with van der Waals surface area (Å²) in [6.07, 6.45) is 5.36. The van der Waals surface area contributed by atoms with Gasteiger partial charge in [0.1, 0.15) is 11.6 Å². The van der Waals surface area contributed by atoms with Gasteiger partial charge in [-0.2, -0.15) is 0 Å². The highest BCUT2D eigenvalue weighted by atomic mass is 16.5. The Morgan fingerprint density at radius 3 is 3.22 bits per heavy atom. The molecule has 1 amide bonds. The van der Waals surface area contributed by atoms with Gasteiger partial charge in [0.2, 0.25) is 5.91 Å². The Balaban J connectivity index is 1.43. The standard InChI is InChI=1S/C21H26N4O2/c1-27-18-6-2-4-15(10-18)11-20(26)25-9-3-5-16(14-25)21-23-13-17-12-22-8-7-19(17)24-21/h2,4,6,10,13,16,22H,3,5,7-9,11-12,14H2,1H3/t16-/m1/s1. The summed E-state index contributed by atoms with van der Waals surface area (Å²) in [4.78, 5) is 24.2. The number of fused-ring (bicyclic) bond motifs is 1. The molecule has 1 N–H and O–H groups in total. The number of aromatic nitrogens is 2. The summed E-state index contributed by atoms with van der Waals surface area (Å²) in [5.41, 5.74) is 3.35. The van der Waals surface area contributed by atoms with Gasteiger partial charge < -0.3 is 15.0 Å². The van der Waals surface area contributed by atoms with Crippen molar-refractivity contribution in [2.45, 2.75) is 38.1 Å². The first-order valence-corrected chi connectivity index (χ1v) is 9.69. The Bertz CT molecular complexity index is 824. The van der Waals surface area contributed by atoms with E-state index in [0.29, 0.717) is 13.0 Å². The number of ether oxygens (including phenoxy) is 1. The number of carbonyl (C=O) groups is 1. The third-order valence-corrected chi connectivity index (χ3v) is 5.46. The smallest absolute Gasteiger partial charge is 0.227 e. The predicted octanol–water partition coefficient (Wildman–Crippen LogP) is 2.08. The molecular weight excluding hydrogens is 340 g/mol. The number of piperidine rings is 1. The van der Waals surface area contributed by atoms with E-state index in [1.807, 2.05) is 35.4 Å². The number of methoxy groups -OCH3 is 1. The highest BCUT2D eigenvalue weighted by molar-refractivity contribution is 5.79. The molecule has 1 aromatic heterocycles. The monoisotopic (exact) mass is 366 g/mol. The van der Waals surface area contributed by atoms with E-state index in [-0.39, 0.29) is 11.8 Å². The molecule has 142 valence electrons. The van der Waals surface area contributed by atoms with Crippen LogP contribution in [0.4, 0.5) is 0 Å². The van der Waals surface area contributed by atoms with Crippen molar-refractivity contribution in [3.05, 3.63) is 53.1 Å². The topological polar surface area (TPSA) is 67.3 Å². The molecule has 0 bridgehead atoms. The predicted molar refractivity (Wildman–Crippen MR) is 103 cm³/mol. The van der Waals surface area contributed by atoms with Crippen LogP contribution in [0.15, 0.2) is 30.5 Å². The van der Waals surface area contributed by atoms with Gasteiger partial charge in [0.05, 0.1) is 13.5 Å². The second-order valence-electron chi connectivity index (χ2n) is 7.33. The second kappa shape index (κ2) is 8.05. The molecule has 6 nitrogen and oxygen atoms in total. The Morgan fingerprint density at radius 2 is 2.33 bits per heavy atom. The average Bonchev–Trinajstić information content (AvgIpc) is 2.73. The fourth-order valence-corrected chi connectivity index (χ4v) is 3.93. The zero-order valence-electron chi connectivity index (χ0n) is 15.8. The van der Waals surface area contributed by atoms with Gasteiger partial charge in [-0.3, -0.25) is 4.79 Å². The molecule has 0 radical (unpaired) electrons. The highest BCUT2D eigenvalue weighted by Gasteiger charge is 2.27. The largest absolute Gasteiger partial charge is 0.497 e. The van der Waals surface area contributed by atoms with Gasteiger partial charge in [-0.25, -0.2) is 9.97 Å². The molecule has 4 rings (SSSR count). The van der Waals surface area contributed by atoms with Crippen LogP contribution in [-0.4, -0.2) is 47.5 Å².